The van der Waals surface area contributed by atoms with Crippen LogP contribution < -0.4 is 10.3 Å². The van der Waals surface area contributed by atoms with E-state index in [1.54, 1.807) is 24.0 Å². The van der Waals surface area contributed by atoms with E-state index < -0.39 is 11.3 Å². The van der Waals surface area contributed by atoms with Crippen molar-refractivity contribution in [2.45, 2.75) is 25.9 Å². The standard InChI is InChI=1S/C25H22FN3O4/c1-28-13-14-29-24(32)23(33-16-18-5-3-2-4-6-18)22(27-25(28)29)21(31)12-11-20(30)15-17-7-9-19(26)10-8-17/h2-10,13-14H,11-12,15-16H2,1H3. The second kappa shape index (κ2) is 9.60. The number of fused-ring (bicyclic) bond motifs is 1. The molecule has 168 valence electrons. The maximum atomic E-state index is 13.0. The van der Waals surface area contributed by atoms with Crippen LogP contribution in [-0.2, 0) is 24.9 Å². The number of aromatic nitrogens is 3. The quantitative estimate of drug-likeness (QED) is 0.367. The Kier molecular flexibility index (Phi) is 6.44. The molecule has 0 spiro atoms. The van der Waals surface area contributed by atoms with Crippen LogP contribution in [0, 0.1) is 5.82 Å². The van der Waals surface area contributed by atoms with E-state index in [4.69, 9.17) is 4.74 Å². The molecule has 0 fully saturated rings. The smallest absolute Gasteiger partial charge is 0.302 e. The van der Waals surface area contributed by atoms with Crippen molar-refractivity contribution in [2.24, 2.45) is 7.05 Å². The van der Waals surface area contributed by atoms with E-state index in [0.29, 0.717) is 11.3 Å². The lowest BCUT2D eigenvalue weighted by molar-refractivity contribution is -0.118. The number of rotatable bonds is 9. The second-order valence-electron chi connectivity index (χ2n) is 7.71. The Morgan fingerprint density at radius 3 is 2.42 bits per heavy atom. The van der Waals surface area contributed by atoms with Crippen molar-refractivity contribution < 1.29 is 18.7 Å². The number of Topliss-reactive ketones (excluding diaryl/α,β-unsaturated/α-hetero) is 2. The molecule has 7 nitrogen and oxygen atoms in total. The average molecular weight is 447 g/mol. The maximum Gasteiger partial charge on any atom is 0.302 e. The fourth-order valence-electron chi connectivity index (χ4n) is 3.46. The molecule has 2 aromatic heterocycles. The SMILES string of the molecule is Cn1ccn2c(=O)c(OCc3ccccc3)c(C(=O)CCC(=O)Cc3ccc(F)cc3)nc12. The number of ether oxygens (including phenoxy) is 1. The van der Waals surface area contributed by atoms with Gasteiger partial charge in [0.15, 0.2) is 11.5 Å². The van der Waals surface area contributed by atoms with Gasteiger partial charge in [0.2, 0.25) is 11.5 Å². The van der Waals surface area contributed by atoms with Gasteiger partial charge in [-0.2, -0.15) is 0 Å². The minimum Gasteiger partial charge on any atom is -0.481 e. The van der Waals surface area contributed by atoms with Gasteiger partial charge in [-0.15, -0.1) is 0 Å². The van der Waals surface area contributed by atoms with Crippen LogP contribution in [0.15, 0.2) is 71.8 Å². The predicted octanol–water partition coefficient (Wildman–Crippen LogP) is 3.53. The highest BCUT2D eigenvalue weighted by molar-refractivity contribution is 5.99. The molecule has 2 heterocycles. The third-order valence-corrected chi connectivity index (χ3v) is 5.25. The molecule has 0 saturated carbocycles. The van der Waals surface area contributed by atoms with E-state index in [1.807, 2.05) is 30.3 Å². The molecule has 4 aromatic rings. The molecule has 0 atom stereocenters. The largest absolute Gasteiger partial charge is 0.481 e. The van der Waals surface area contributed by atoms with Gasteiger partial charge in [0.25, 0.3) is 0 Å². The molecule has 0 aliphatic rings. The van der Waals surface area contributed by atoms with Crippen molar-refractivity contribution in [1.29, 1.82) is 0 Å². The lowest BCUT2D eigenvalue weighted by atomic mass is 10.0. The molecular formula is C25H22FN3O4. The fraction of sp³-hybridized carbons (Fsp3) is 0.200. The summed E-state index contributed by atoms with van der Waals surface area (Å²) in [5.41, 5.74) is 0.926. The molecule has 0 saturated heterocycles. The molecular weight excluding hydrogens is 425 g/mol. The normalized spacial score (nSPS) is 11.0. The van der Waals surface area contributed by atoms with Gasteiger partial charge in [-0.3, -0.25) is 14.4 Å². The molecule has 0 N–H and O–H groups in total. The monoisotopic (exact) mass is 447 g/mol. The van der Waals surface area contributed by atoms with Crippen LogP contribution in [0.3, 0.4) is 0 Å². The van der Waals surface area contributed by atoms with Gasteiger partial charge in [-0.05, 0) is 23.3 Å². The molecule has 0 amide bonds. The molecule has 33 heavy (non-hydrogen) atoms. The first kappa shape index (κ1) is 22.1. The third kappa shape index (κ3) is 5.06. The zero-order chi connectivity index (χ0) is 23.4. The second-order valence-corrected chi connectivity index (χ2v) is 7.71. The summed E-state index contributed by atoms with van der Waals surface area (Å²) in [6.07, 6.45) is 3.17. The van der Waals surface area contributed by atoms with Gasteiger partial charge >= 0.3 is 5.56 Å². The van der Waals surface area contributed by atoms with E-state index in [1.165, 1.54) is 28.7 Å². The summed E-state index contributed by atoms with van der Waals surface area (Å²) >= 11 is 0. The van der Waals surface area contributed by atoms with Crippen molar-refractivity contribution in [3.8, 4) is 5.75 Å². The highest BCUT2D eigenvalue weighted by atomic mass is 19.1. The molecule has 0 bridgehead atoms. The topological polar surface area (TPSA) is 82.7 Å². The first-order valence-corrected chi connectivity index (χ1v) is 10.5. The van der Waals surface area contributed by atoms with E-state index >= 15 is 0 Å². The number of carbonyl (C=O) groups is 2. The van der Waals surface area contributed by atoms with Gasteiger partial charge in [0.1, 0.15) is 18.2 Å². The number of halogens is 1. The first-order valence-electron chi connectivity index (χ1n) is 10.5. The van der Waals surface area contributed by atoms with E-state index in [0.717, 1.165) is 5.56 Å². The van der Waals surface area contributed by atoms with Crippen LogP contribution in [0.25, 0.3) is 5.78 Å². The summed E-state index contributed by atoms with van der Waals surface area (Å²) in [6.45, 7) is 0.0977. The van der Waals surface area contributed by atoms with Crippen molar-refractivity contribution in [3.05, 3.63) is 100.0 Å². The number of benzene rings is 2. The van der Waals surface area contributed by atoms with Crippen LogP contribution >= 0.6 is 0 Å². The zero-order valence-electron chi connectivity index (χ0n) is 18.0. The van der Waals surface area contributed by atoms with Crippen molar-refractivity contribution in [2.75, 3.05) is 0 Å². The average Bonchev–Trinajstić information content (AvgIpc) is 3.20. The summed E-state index contributed by atoms with van der Waals surface area (Å²) < 4.78 is 21.7. The number of aryl methyl sites for hydroxylation is 1. The maximum absolute atomic E-state index is 13.0. The Hall–Kier alpha value is -4.07. The molecule has 8 heteroatoms. The molecule has 0 aliphatic carbocycles. The van der Waals surface area contributed by atoms with Crippen LogP contribution in [0.4, 0.5) is 4.39 Å². The number of carbonyl (C=O) groups excluding carboxylic acids is 2. The Balaban J connectivity index is 1.54. The molecule has 0 radical (unpaired) electrons. The molecule has 0 aliphatic heterocycles. The highest BCUT2D eigenvalue weighted by Gasteiger charge is 2.22. The predicted molar refractivity (Wildman–Crippen MR) is 120 cm³/mol. The molecule has 2 aromatic carbocycles. The van der Waals surface area contributed by atoms with E-state index in [9.17, 15) is 18.8 Å². The summed E-state index contributed by atoms with van der Waals surface area (Å²) in [6, 6.07) is 14.9. The van der Waals surface area contributed by atoms with E-state index in [-0.39, 0.29) is 48.9 Å². The number of hydrogen-bond donors (Lipinski definition) is 0. The fourth-order valence-corrected chi connectivity index (χ4v) is 3.46. The van der Waals surface area contributed by atoms with Crippen molar-refractivity contribution in [3.63, 3.8) is 0 Å². The van der Waals surface area contributed by atoms with Crippen LogP contribution in [0.5, 0.6) is 5.75 Å². The zero-order valence-corrected chi connectivity index (χ0v) is 18.0. The summed E-state index contributed by atoms with van der Waals surface area (Å²) in [4.78, 5) is 42.8. The van der Waals surface area contributed by atoms with Gasteiger partial charge in [-0.25, -0.2) is 13.8 Å². The Labute approximate surface area is 189 Å². The van der Waals surface area contributed by atoms with Gasteiger partial charge in [0, 0.05) is 38.7 Å². The lowest BCUT2D eigenvalue weighted by Gasteiger charge is -2.11. The van der Waals surface area contributed by atoms with Crippen LogP contribution in [-0.4, -0.2) is 25.5 Å². The van der Waals surface area contributed by atoms with Crippen LogP contribution in [0.2, 0.25) is 0 Å². The number of imidazole rings is 1. The lowest BCUT2D eigenvalue weighted by Crippen LogP contribution is -2.22. The minimum atomic E-state index is -0.488. The third-order valence-electron chi connectivity index (χ3n) is 5.25. The van der Waals surface area contributed by atoms with E-state index in [2.05, 4.69) is 4.98 Å². The minimum absolute atomic E-state index is 0.0253. The van der Waals surface area contributed by atoms with Crippen LogP contribution in [0.1, 0.15) is 34.5 Å². The highest BCUT2D eigenvalue weighted by Crippen LogP contribution is 2.18. The summed E-state index contributed by atoms with van der Waals surface area (Å²) in [7, 11) is 1.72. The Bertz CT molecular complexity index is 1360. The van der Waals surface area contributed by atoms with Gasteiger partial charge in [0.05, 0.1) is 0 Å². The number of hydrogen-bond acceptors (Lipinski definition) is 5. The molecule has 4 rings (SSSR count). The Morgan fingerprint density at radius 1 is 0.970 bits per heavy atom. The van der Waals surface area contributed by atoms with Crippen molar-refractivity contribution in [1.82, 2.24) is 14.0 Å². The molecule has 0 unspecified atom stereocenters. The first-order chi connectivity index (χ1) is 15.9. The summed E-state index contributed by atoms with van der Waals surface area (Å²) in [5.74, 6) is -0.839. The van der Waals surface area contributed by atoms with Crippen molar-refractivity contribution >= 4 is 17.3 Å². The summed E-state index contributed by atoms with van der Waals surface area (Å²) in [5, 5.41) is 0. The van der Waals surface area contributed by atoms with Gasteiger partial charge in [-0.1, -0.05) is 42.5 Å². The number of ketones is 2. The Morgan fingerprint density at radius 2 is 1.70 bits per heavy atom. The number of nitrogens with zero attached hydrogens (tertiary/aromatic N) is 3. The van der Waals surface area contributed by atoms with Gasteiger partial charge < -0.3 is 9.30 Å².